The molecule has 0 spiro atoms. The third kappa shape index (κ3) is 5.42. The van der Waals surface area contributed by atoms with Gasteiger partial charge in [0.2, 0.25) is 0 Å². The van der Waals surface area contributed by atoms with E-state index >= 15 is 0 Å². The molecule has 3 aromatic rings. The van der Waals surface area contributed by atoms with Crippen LogP contribution in [0.5, 0.6) is 11.5 Å². The van der Waals surface area contributed by atoms with E-state index in [0.717, 1.165) is 4.90 Å². The molecular formula is C25H17ClFN3O6S. The Morgan fingerprint density at radius 1 is 1.16 bits per heavy atom. The Hall–Kier alpha value is -4.35. The Morgan fingerprint density at radius 2 is 1.86 bits per heavy atom. The van der Waals surface area contributed by atoms with Crippen LogP contribution >= 0.6 is 23.8 Å². The summed E-state index contributed by atoms with van der Waals surface area (Å²) in [6.07, 6.45) is 1.28. The van der Waals surface area contributed by atoms with Gasteiger partial charge in [-0.05, 0) is 65.8 Å². The summed E-state index contributed by atoms with van der Waals surface area (Å²) in [4.78, 5) is 36.9. The molecule has 188 valence electrons. The average molecular weight is 542 g/mol. The lowest BCUT2D eigenvalue weighted by Gasteiger charge is -2.29. The average Bonchev–Trinajstić information content (AvgIpc) is 2.87. The maximum Gasteiger partial charge on any atom is 0.270 e. The van der Waals surface area contributed by atoms with Gasteiger partial charge in [-0.3, -0.25) is 25.0 Å². The minimum Gasteiger partial charge on any atom is -0.493 e. The minimum absolute atomic E-state index is 0.0461. The number of methoxy groups -OCH3 is 1. The molecular weight excluding hydrogens is 525 g/mol. The van der Waals surface area contributed by atoms with E-state index in [2.05, 4.69) is 5.32 Å². The minimum atomic E-state index is -0.813. The van der Waals surface area contributed by atoms with Crippen LogP contribution in [0.25, 0.3) is 6.08 Å². The van der Waals surface area contributed by atoms with Crippen molar-refractivity contribution >= 4 is 58.2 Å². The second kappa shape index (κ2) is 10.7. The van der Waals surface area contributed by atoms with Crippen LogP contribution in [0.15, 0.2) is 66.2 Å². The normalized spacial score (nSPS) is 14.5. The molecule has 4 rings (SSSR count). The molecule has 37 heavy (non-hydrogen) atoms. The number of non-ortho nitro benzene ring substituents is 1. The van der Waals surface area contributed by atoms with E-state index in [4.69, 9.17) is 33.3 Å². The number of nitro benzene ring substituents is 1. The summed E-state index contributed by atoms with van der Waals surface area (Å²) in [5.41, 5.74) is 0.545. The number of hydrogen-bond donors (Lipinski definition) is 1. The number of nitrogens with one attached hydrogen (secondary N) is 1. The lowest BCUT2D eigenvalue weighted by atomic mass is 10.1. The van der Waals surface area contributed by atoms with Crippen molar-refractivity contribution in [3.8, 4) is 11.5 Å². The van der Waals surface area contributed by atoms with Gasteiger partial charge in [0.1, 0.15) is 18.0 Å². The van der Waals surface area contributed by atoms with E-state index in [1.165, 1.54) is 61.7 Å². The van der Waals surface area contributed by atoms with Gasteiger partial charge in [-0.25, -0.2) is 9.29 Å². The predicted molar refractivity (Wildman–Crippen MR) is 138 cm³/mol. The molecule has 1 aliphatic heterocycles. The molecule has 0 unspecified atom stereocenters. The van der Waals surface area contributed by atoms with Crippen molar-refractivity contribution in [1.29, 1.82) is 0 Å². The number of benzene rings is 3. The van der Waals surface area contributed by atoms with Crippen LogP contribution in [-0.2, 0) is 16.2 Å². The number of thiocarbonyl (C=S) groups is 1. The molecule has 0 aromatic heterocycles. The van der Waals surface area contributed by atoms with E-state index < -0.39 is 22.6 Å². The number of anilines is 1. The van der Waals surface area contributed by atoms with Crippen molar-refractivity contribution in [2.45, 2.75) is 6.61 Å². The third-order valence-electron chi connectivity index (χ3n) is 5.29. The fourth-order valence-electron chi connectivity index (χ4n) is 3.51. The smallest absolute Gasteiger partial charge is 0.270 e. The van der Waals surface area contributed by atoms with Crippen LogP contribution in [0, 0.1) is 15.9 Å². The molecule has 1 fully saturated rings. The Kier molecular flexibility index (Phi) is 7.46. The number of nitro groups is 1. The lowest BCUT2D eigenvalue weighted by molar-refractivity contribution is -0.384. The van der Waals surface area contributed by atoms with Gasteiger partial charge in [-0.15, -0.1) is 0 Å². The second-order valence-electron chi connectivity index (χ2n) is 7.66. The fraction of sp³-hybridized carbons (Fsp3) is 0.0800. The van der Waals surface area contributed by atoms with E-state index in [0.29, 0.717) is 11.1 Å². The fourth-order valence-corrected chi connectivity index (χ4v) is 4.06. The summed E-state index contributed by atoms with van der Waals surface area (Å²) in [6, 6.07) is 14.3. The van der Waals surface area contributed by atoms with Crippen LogP contribution in [0.3, 0.4) is 0 Å². The Labute approximate surface area is 220 Å². The molecule has 1 N–H and O–H groups in total. The van der Waals surface area contributed by atoms with Gasteiger partial charge in [0.15, 0.2) is 16.6 Å². The topological polar surface area (TPSA) is 111 Å². The molecule has 3 aromatic carbocycles. The zero-order valence-electron chi connectivity index (χ0n) is 19.1. The molecule has 9 nitrogen and oxygen atoms in total. The maximum absolute atomic E-state index is 14.4. The first kappa shape index (κ1) is 25.7. The van der Waals surface area contributed by atoms with Crippen molar-refractivity contribution in [3.63, 3.8) is 0 Å². The summed E-state index contributed by atoms with van der Waals surface area (Å²) in [7, 11) is 1.39. The highest BCUT2D eigenvalue weighted by Gasteiger charge is 2.35. The second-order valence-corrected chi connectivity index (χ2v) is 8.45. The number of halogens is 2. The standard InChI is InChI=1S/C25H17ClFN3O6S/c1-35-21-12-15(11-18(26)22(21)36-13-14-6-8-16(9-7-14)30(33)34)10-17-23(31)28-25(37)29(24(17)32)20-5-3-2-4-19(20)27/h2-12H,13H2,1H3,(H,28,31,37)/b17-10+. The summed E-state index contributed by atoms with van der Waals surface area (Å²) in [5.74, 6) is -1.85. The first-order valence-corrected chi connectivity index (χ1v) is 11.4. The highest BCUT2D eigenvalue weighted by molar-refractivity contribution is 7.80. The summed E-state index contributed by atoms with van der Waals surface area (Å²) in [5, 5.41) is 13.1. The van der Waals surface area contributed by atoms with Crippen LogP contribution in [0.4, 0.5) is 15.8 Å². The summed E-state index contributed by atoms with van der Waals surface area (Å²) in [6.45, 7) is 0.0461. The van der Waals surface area contributed by atoms with Crippen LogP contribution in [0.2, 0.25) is 5.02 Å². The zero-order valence-corrected chi connectivity index (χ0v) is 20.6. The van der Waals surface area contributed by atoms with E-state index in [1.807, 2.05) is 0 Å². The first-order valence-electron chi connectivity index (χ1n) is 10.6. The van der Waals surface area contributed by atoms with Crippen LogP contribution in [-0.4, -0.2) is 29.0 Å². The molecule has 0 bridgehead atoms. The highest BCUT2D eigenvalue weighted by atomic mass is 35.5. The van der Waals surface area contributed by atoms with Gasteiger partial charge in [-0.1, -0.05) is 23.7 Å². The molecule has 1 saturated heterocycles. The van der Waals surface area contributed by atoms with Gasteiger partial charge in [0.05, 0.1) is 22.7 Å². The van der Waals surface area contributed by atoms with Crippen LogP contribution in [0.1, 0.15) is 11.1 Å². The van der Waals surface area contributed by atoms with Gasteiger partial charge in [0.25, 0.3) is 17.5 Å². The van der Waals surface area contributed by atoms with Crippen molar-refractivity contribution in [2.75, 3.05) is 12.0 Å². The molecule has 2 amide bonds. The van der Waals surface area contributed by atoms with Crippen molar-refractivity contribution in [1.82, 2.24) is 5.32 Å². The number of hydrogen-bond acceptors (Lipinski definition) is 7. The SMILES string of the molecule is COc1cc(/C=C2\C(=O)NC(=S)N(c3ccccc3F)C2=O)cc(Cl)c1OCc1ccc([N+](=O)[O-])cc1. The summed E-state index contributed by atoms with van der Waals surface area (Å²) >= 11 is 11.5. The van der Waals surface area contributed by atoms with E-state index in [-0.39, 0.29) is 45.2 Å². The largest absolute Gasteiger partial charge is 0.493 e. The molecule has 0 saturated carbocycles. The van der Waals surface area contributed by atoms with E-state index in [9.17, 15) is 24.1 Å². The number of nitrogens with zero attached hydrogens (tertiary/aromatic N) is 2. The predicted octanol–water partition coefficient (Wildman–Crippen LogP) is 4.81. The van der Waals surface area contributed by atoms with E-state index in [1.54, 1.807) is 12.1 Å². The Morgan fingerprint density at radius 3 is 2.51 bits per heavy atom. The number of para-hydroxylation sites is 1. The van der Waals surface area contributed by atoms with Crippen molar-refractivity contribution < 1.29 is 28.4 Å². The maximum atomic E-state index is 14.4. The third-order valence-corrected chi connectivity index (χ3v) is 5.85. The Balaban J connectivity index is 1.62. The molecule has 0 atom stereocenters. The van der Waals surface area contributed by atoms with Crippen molar-refractivity contribution in [3.05, 3.63) is 98.3 Å². The van der Waals surface area contributed by atoms with Crippen molar-refractivity contribution in [2.24, 2.45) is 0 Å². The van der Waals surface area contributed by atoms with Gasteiger partial charge >= 0.3 is 0 Å². The number of carbonyl (C=O) groups is 2. The number of ether oxygens (including phenoxy) is 2. The van der Waals surface area contributed by atoms with Crippen LogP contribution < -0.4 is 19.7 Å². The molecule has 0 radical (unpaired) electrons. The first-order chi connectivity index (χ1) is 17.7. The van der Waals surface area contributed by atoms with Gasteiger partial charge in [-0.2, -0.15) is 0 Å². The molecule has 1 heterocycles. The molecule has 1 aliphatic rings. The molecule has 0 aliphatic carbocycles. The van der Waals surface area contributed by atoms with Gasteiger partial charge in [0, 0.05) is 12.1 Å². The number of carbonyl (C=O) groups excluding carboxylic acids is 2. The van der Waals surface area contributed by atoms with Gasteiger partial charge < -0.3 is 9.47 Å². The number of amides is 2. The molecule has 12 heteroatoms. The lowest BCUT2D eigenvalue weighted by Crippen LogP contribution is -2.54. The zero-order chi connectivity index (χ0) is 26.7. The number of rotatable bonds is 7. The summed E-state index contributed by atoms with van der Waals surface area (Å²) < 4.78 is 25.5. The quantitative estimate of drug-likeness (QED) is 0.150. The monoisotopic (exact) mass is 541 g/mol. The highest BCUT2D eigenvalue weighted by Crippen LogP contribution is 2.38. The Bertz CT molecular complexity index is 1460.